The topological polar surface area (TPSA) is 60.7 Å². The van der Waals surface area contributed by atoms with Gasteiger partial charge in [0.25, 0.3) is 5.56 Å². The molecule has 2 rings (SSSR count). The molecule has 0 saturated carbocycles. The Morgan fingerprint density at radius 2 is 1.85 bits per heavy atom. The van der Waals surface area contributed by atoms with E-state index in [2.05, 4.69) is 13.8 Å². The molecule has 0 aliphatic carbocycles. The second-order valence-corrected chi connectivity index (χ2v) is 6.96. The fourth-order valence-electron chi connectivity index (χ4n) is 2.81. The highest BCUT2D eigenvalue weighted by atomic mass is 16.5. The third-order valence-electron chi connectivity index (χ3n) is 4.36. The van der Waals surface area contributed by atoms with Gasteiger partial charge in [-0.2, -0.15) is 0 Å². The van der Waals surface area contributed by atoms with Gasteiger partial charge in [0, 0.05) is 18.0 Å². The van der Waals surface area contributed by atoms with Gasteiger partial charge in [-0.1, -0.05) is 32.3 Å². The van der Waals surface area contributed by atoms with Crippen molar-refractivity contribution in [2.24, 2.45) is 0 Å². The van der Waals surface area contributed by atoms with Crippen LogP contribution >= 0.6 is 0 Å². The number of pyridine rings is 1. The molecule has 0 aliphatic heterocycles. The van der Waals surface area contributed by atoms with Crippen LogP contribution in [0.4, 0.5) is 0 Å². The van der Waals surface area contributed by atoms with Gasteiger partial charge in [-0.05, 0) is 44.9 Å². The summed E-state index contributed by atoms with van der Waals surface area (Å²) in [4.78, 5) is 13.2. The van der Waals surface area contributed by atoms with Crippen LogP contribution in [-0.2, 0) is 6.54 Å². The van der Waals surface area contributed by atoms with E-state index in [-0.39, 0.29) is 17.1 Å². The summed E-state index contributed by atoms with van der Waals surface area (Å²) in [6, 6.07) is 5.03. The average Bonchev–Trinajstić information content (AvgIpc) is 2.63. The summed E-state index contributed by atoms with van der Waals surface area (Å²) < 4.78 is 13.5. The minimum absolute atomic E-state index is 0.130. The molecular formula is C22H31NO4. The second-order valence-electron chi connectivity index (χ2n) is 6.96. The minimum Gasteiger partial charge on any atom is -0.508 e. The summed E-state index contributed by atoms with van der Waals surface area (Å²) in [6.45, 7) is 9.57. The number of aryl methyl sites for hydroxylation is 1. The van der Waals surface area contributed by atoms with Gasteiger partial charge in [0.2, 0.25) is 5.75 Å². The van der Waals surface area contributed by atoms with Crippen molar-refractivity contribution in [3.05, 3.63) is 40.2 Å². The predicted octanol–water partition coefficient (Wildman–Crippen LogP) is 5.03. The van der Waals surface area contributed by atoms with Gasteiger partial charge >= 0.3 is 0 Å². The third-order valence-corrected chi connectivity index (χ3v) is 4.36. The van der Waals surface area contributed by atoms with E-state index < -0.39 is 0 Å². The molecular weight excluding hydrogens is 342 g/mol. The van der Waals surface area contributed by atoms with Crippen LogP contribution in [0.25, 0.3) is 10.9 Å². The number of nitrogens with zero attached hydrogens (tertiary/aromatic N) is 1. The Morgan fingerprint density at radius 1 is 1.11 bits per heavy atom. The van der Waals surface area contributed by atoms with Crippen molar-refractivity contribution < 1.29 is 14.6 Å². The van der Waals surface area contributed by atoms with E-state index in [0.717, 1.165) is 36.6 Å². The molecule has 1 aromatic carbocycles. The zero-order valence-corrected chi connectivity index (χ0v) is 16.9. The van der Waals surface area contributed by atoms with Gasteiger partial charge in [-0.3, -0.25) is 4.79 Å². The van der Waals surface area contributed by atoms with Crippen LogP contribution in [0.3, 0.4) is 0 Å². The summed E-state index contributed by atoms with van der Waals surface area (Å²) >= 11 is 0. The molecule has 0 bridgehead atoms. The molecule has 0 spiro atoms. The molecule has 0 fully saturated rings. The number of phenolic OH excluding ortho intramolecular Hbond substituents is 1. The summed E-state index contributed by atoms with van der Waals surface area (Å²) in [6.07, 6.45) is 5.67. The molecule has 0 saturated heterocycles. The molecule has 0 aliphatic rings. The summed E-state index contributed by atoms with van der Waals surface area (Å²) in [7, 11) is 0. The number of hydrogen-bond acceptors (Lipinski definition) is 4. The van der Waals surface area contributed by atoms with Gasteiger partial charge in [-0.15, -0.1) is 0 Å². The Labute approximate surface area is 161 Å². The van der Waals surface area contributed by atoms with Gasteiger partial charge in [0.05, 0.1) is 12.1 Å². The fraction of sp³-hybridized carbons (Fsp3) is 0.500. The first kappa shape index (κ1) is 20.9. The molecule has 0 radical (unpaired) electrons. The number of rotatable bonds is 10. The number of hydrogen-bond donors (Lipinski definition) is 1. The van der Waals surface area contributed by atoms with Crippen molar-refractivity contribution >= 4 is 10.9 Å². The zero-order valence-electron chi connectivity index (χ0n) is 16.9. The maximum absolute atomic E-state index is 13.2. The quantitative estimate of drug-likeness (QED) is 0.469. The van der Waals surface area contributed by atoms with Crippen LogP contribution < -0.4 is 15.0 Å². The molecule has 0 amide bonds. The molecule has 1 N–H and O–H groups in total. The third kappa shape index (κ3) is 5.28. The van der Waals surface area contributed by atoms with Crippen molar-refractivity contribution in [1.29, 1.82) is 0 Å². The summed E-state index contributed by atoms with van der Waals surface area (Å²) in [5.74, 6) is 0.848. The maximum atomic E-state index is 13.2. The highest BCUT2D eigenvalue weighted by Gasteiger charge is 2.20. The SMILES string of the molecule is CCCCOc1c(OCC=C(C)C)c(=O)n(CCCC)c2cc(O)ccc12. The van der Waals surface area contributed by atoms with E-state index in [1.54, 1.807) is 22.8 Å². The summed E-state index contributed by atoms with van der Waals surface area (Å²) in [5.41, 5.74) is 1.59. The van der Waals surface area contributed by atoms with Crippen molar-refractivity contribution in [1.82, 2.24) is 4.57 Å². The number of fused-ring (bicyclic) bond motifs is 1. The molecule has 1 aromatic heterocycles. The molecule has 0 atom stereocenters. The average molecular weight is 373 g/mol. The van der Waals surface area contributed by atoms with Crippen molar-refractivity contribution in [2.45, 2.75) is 59.9 Å². The predicted molar refractivity (Wildman–Crippen MR) is 110 cm³/mol. The van der Waals surface area contributed by atoms with Gasteiger partial charge in [0.1, 0.15) is 12.4 Å². The van der Waals surface area contributed by atoms with Gasteiger partial charge in [-0.25, -0.2) is 0 Å². The highest BCUT2D eigenvalue weighted by Crippen LogP contribution is 2.35. The van der Waals surface area contributed by atoms with E-state index in [9.17, 15) is 9.90 Å². The first-order chi connectivity index (χ1) is 13.0. The lowest BCUT2D eigenvalue weighted by atomic mass is 10.1. The molecule has 5 heteroatoms. The van der Waals surface area contributed by atoms with E-state index in [4.69, 9.17) is 9.47 Å². The van der Waals surface area contributed by atoms with E-state index in [0.29, 0.717) is 31.0 Å². The molecule has 5 nitrogen and oxygen atoms in total. The molecule has 1 heterocycles. The van der Waals surface area contributed by atoms with Crippen LogP contribution in [0.2, 0.25) is 0 Å². The number of ether oxygens (including phenoxy) is 2. The van der Waals surface area contributed by atoms with Crippen molar-refractivity contribution in [2.75, 3.05) is 13.2 Å². The molecule has 148 valence electrons. The Morgan fingerprint density at radius 3 is 2.52 bits per heavy atom. The van der Waals surface area contributed by atoms with Crippen LogP contribution in [0.1, 0.15) is 53.4 Å². The number of phenols is 1. The van der Waals surface area contributed by atoms with Crippen LogP contribution in [-0.4, -0.2) is 22.9 Å². The van der Waals surface area contributed by atoms with Crippen molar-refractivity contribution in [3.8, 4) is 17.2 Å². The monoisotopic (exact) mass is 373 g/mol. The Bertz CT molecular complexity index is 847. The standard InChI is InChI=1S/C22H31NO4/c1-5-7-12-23-19-15-17(24)9-10-18(19)20(26-13-8-6-2)21(22(23)25)27-14-11-16(3)4/h9-11,15,24H,5-8,12-14H2,1-4H3. The first-order valence-corrected chi connectivity index (χ1v) is 9.78. The van der Waals surface area contributed by atoms with E-state index >= 15 is 0 Å². The zero-order chi connectivity index (χ0) is 19.8. The van der Waals surface area contributed by atoms with Crippen LogP contribution in [0.5, 0.6) is 17.2 Å². The number of allylic oxidation sites excluding steroid dienone is 1. The number of aromatic hydroxyl groups is 1. The minimum atomic E-state index is -0.213. The highest BCUT2D eigenvalue weighted by molar-refractivity contribution is 5.89. The summed E-state index contributed by atoms with van der Waals surface area (Å²) in [5, 5.41) is 10.7. The Hall–Kier alpha value is -2.43. The first-order valence-electron chi connectivity index (χ1n) is 9.78. The van der Waals surface area contributed by atoms with Crippen LogP contribution in [0.15, 0.2) is 34.6 Å². The van der Waals surface area contributed by atoms with Crippen LogP contribution in [0, 0.1) is 0 Å². The number of unbranched alkanes of at least 4 members (excludes halogenated alkanes) is 2. The number of benzene rings is 1. The Balaban J connectivity index is 2.63. The van der Waals surface area contributed by atoms with Gasteiger partial charge in [0.15, 0.2) is 5.75 Å². The smallest absolute Gasteiger partial charge is 0.297 e. The Kier molecular flexibility index (Phi) is 7.77. The molecule has 2 aromatic rings. The van der Waals surface area contributed by atoms with Crippen molar-refractivity contribution in [3.63, 3.8) is 0 Å². The lowest BCUT2D eigenvalue weighted by molar-refractivity contribution is 0.278. The second kappa shape index (κ2) is 10.0. The largest absolute Gasteiger partial charge is 0.508 e. The van der Waals surface area contributed by atoms with E-state index in [1.807, 2.05) is 19.9 Å². The normalized spacial score (nSPS) is 10.8. The maximum Gasteiger partial charge on any atom is 0.297 e. The fourth-order valence-corrected chi connectivity index (χ4v) is 2.81. The molecule has 27 heavy (non-hydrogen) atoms. The lowest BCUT2D eigenvalue weighted by Gasteiger charge is -2.18. The lowest BCUT2D eigenvalue weighted by Crippen LogP contribution is -2.24. The number of aromatic nitrogens is 1. The van der Waals surface area contributed by atoms with Gasteiger partial charge < -0.3 is 19.1 Å². The van der Waals surface area contributed by atoms with E-state index in [1.165, 1.54) is 0 Å². The molecule has 0 unspecified atom stereocenters.